The second kappa shape index (κ2) is 8.57. The summed E-state index contributed by atoms with van der Waals surface area (Å²) in [6.07, 6.45) is 0.0653. The van der Waals surface area contributed by atoms with Crippen LogP contribution in [0.25, 0.3) is 0 Å². The molecule has 0 radical (unpaired) electrons. The first-order valence-electron chi connectivity index (χ1n) is 7.16. The van der Waals surface area contributed by atoms with Gasteiger partial charge in [-0.2, -0.15) is 0 Å². The molecule has 0 aliphatic heterocycles. The average molecular weight is 367 g/mol. The van der Waals surface area contributed by atoms with Crippen LogP contribution in [0.15, 0.2) is 42.5 Å². The summed E-state index contributed by atoms with van der Waals surface area (Å²) in [5.74, 6) is -0.215. The van der Waals surface area contributed by atoms with Crippen molar-refractivity contribution in [2.24, 2.45) is 0 Å². The molecule has 5 nitrogen and oxygen atoms in total. The molecule has 0 fully saturated rings. The standard InChI is InChI=1S/C17H16Cl2N2O3/c1-11-4-2-3-5-15(11)24-10-17(23)21-20-16(22)9-12-6-7-13(18)14(19)8-12/h2-8H,9-10H2,1H3,(H,20,22)(H,21,23). The van der Waals surface area contributed by atoms with E-state index in [-0.39, 0.29) is 18.9 Å². The van der Waals surface area contributed by atoms with E-state index in [1.807, 2.05) is 25.1 Å². The summed E-state index contributed by atoms with van der Waals surface area (Å²) >= 11 is 11.7. The number of carbonyl (C=O) groups excluding carboxylic acids is 2. The monoisotopic (exact) mass is 366 g/mol. The van der Waals surface area contributed by atoms with E-state index in [0.717, 1.165) is 5.56 Å². The Hall–Kier alpha value is -2.24. The number of hydrazine groups is 1. The van der Waals surface area contributed by atoms with Gasteiger partial charge in [0.2, 0.25) is 5.91 Å². The van der Waals surface area contributed by atoms with Crippen molar-refractivity contribution in [3.8, 4) is 5.75 Å². The number of hydrogen-bond donors (Lipinski definition) is 2. The van der Waals surface area contributed by atoms with Gasteiger partial charge in [-0.15, -0.1) is 0 Å². The first-order valence-corrected chi connectivity index (χ1v) is 7.91. The number of ether oxygens (including phenoxy) is 1. The molecular weight excluding hydrogens is 351 g/mol. The zero-order valence-electron chi connectivity index (χ0n) is 12.9. The van der Waals surface area contributed by atoms with Crippen molar-refractivity contribution in [1.29, 1.82) is 0 Å². The Labute approximate surface area is 149 Å². The maximum Gasteiger partial charge on any atom is 0.276 e. The van der Waals surface area contributed by atoms with E-state index in [9.17, 15) is 9.59 Å². The van der Waals surface area contributed by atoms with Gasteiger partial charge in [0.15, 0.2) is 6.61 Å². The second-order valence-corrected chi connectivity index (χ2v) is 5.89. The highest BCUT2D eigenvalue weighted by molar-refractivity contribution is 6.42. The van der Waals surface area contributed by atoms with Crippen molar-refractivity contribution in [3.63, 3.8) is 0 Å². The van der Waals surface area contributed by atoms with E-state index in [2.05, 4.69) is 10.9 Å². The van der Waals surface area contributed by atoms with Gasteiger partial charge in [0.05, 0.1) is 16.5 Å². The lowest BCUT2D eigenvalue weighted by atomic mass is 10.1. The Balaban J connectivity index is 1.76. The fourth-order valence-corrected chi connectivity index (χ4v) is 2.24. The van der Waals surface area contributed by atoms with Gasteiger partial charge in [-0.1, -0.05) is 47.5 Å². The van der Waals surface area contributed by atoms with Crippen molar-refractivity contribution < 1.29 is 14.3 Å². The second-order valence-electron chi connectivity index (χ2n) is 5.08. The van der Waals surface area contributed by atoms with Gasteiger partial charge in [0.25, 0.3) is 5.91 Å². The van der Waals surface area contributed by atoms with Crippen molar-refractivity contribution in [2.45, 2.75) is 13.3 Å². The van der Waals surface area contributed by atoms with Gasteiger partial charge < -0.3 is 4.74 Å². The largest absolute Gasteiger partial charge is 0.483 e. The van der Waals surface area contributed by atoms with Crippen molar-refractivity contribution >= 4 is 35.0 Å². The van der Waals surface area contributed by atoms with Gasteiger partial charge in [0, 0.05) is 0 Å². The summed E-state index contributed by atoms with van der Waals surface area (Å²) in [5, 5.41) is 0.792. The molecule has 0 heterocycles. The quantitative estimate of drug-likeness (QED) is 0.799. The van der Waals surface area contributed by atoms with E-state index in [1.54, 1.807) is 24.3 Å². The lowest BCUT2D eigenvalue weighted by Crippen LogP contribution is -2.44. The maximum atomic E-state index is 11.8. The number of aryl methyl sites for hydroxylation is 1. The number of halogens is 2. The SMILES string of the molecule is Cc1ccccc1OCC(=O)NNC(=O)Cc1ccc(Cl)c(Cl)c1. The van der Waals surface area contributed by atoms with Gasteiger partial charge in [0.1, 0.15) is 5.75 Å². The minimum atomic E-state index is -0.458. The molecule has 0 saturated heterocycles. The van der Waals surface area contributed by atoms with E-state index in [4.69, 9.17) is 27.9 Å². The highest BCUT2D eigenvalue weighted by atomic mass is 35.5. The third-order valence-electron chi connectivity index (χ3n) is 3.14. The molecule has 0 spiro atoms. The third kappa shape index (κ3) is 5.44. The van der Waals surface area contributed by atoms with Crippen molar-refractivity contribution in [1.82, 2.24) is 10.9 Å². The Kier molecular flexibility index (Phi) is 6.46. The normalized spacial score (nSPS) is 10.1. The molecule has 2 aromatic rings. The fraction of sp³-hybridized carbons (Fsp3) is 0.176. The van der Waals surface area contributed by atoms with Crippen LogP contribution < -0.4 is 15.6 Å². The molecular formula is C17H16Cl2N2O3. The van der Waals surface area contributed by atoms with Crippen LogP contribution in [0.3, 0.4) is 0 Å². The summed E-state index contributed by atoms with van der Waals surface area (Å²) < 4.78 is 5.38. The number of hydrogen-bond acceptors (Lipinski definition) is 3. The summed E-state index contributed by atoms with van der Waals surface area (Å²) in [7, 11) is 0. The van der Waals surface area contributed by atoms with Crippen LogP contribution in [0.1, 0.15) is 11.1 Å². The summed E-state index contributed by atoms with van der Waals surface area (Å²) in [6.45, 7) is 1.68. The lowest BCUT2D eigenvalue weighted by molar-refractivity contribution is -0.129. The van der Waals surface area contributed by atoms with Crippen LogP contribution in [0, 0.1) is 6.92 Å². The topological polar surface area (TPSA) is 67.4 Å². The number of para-hydroxylation sites is 1. The number of benzene rings is 2. The van der Waals surface area contributed by atoms with E-state index in [1.165, 1.54) is 0 Å². The molecule has 2 N–H and O–H groups in total. The van der Waals surface area contributed by atoms with Gasteiger partial charge in [-0.25, -0.2) is 0 Å². The molecule has 0 saturated carbocycles. The molecule has 2 aromatic carbocycles. The Morgan fingerprint density at radius 1 is 1.00 bits per heavy atom. The molecule has 126 valence electrons. The zero-order chi connectivity index (χ0) is 17.5. The number of rotatable bonds is 5. The van der Waals surface area contributed by atoms with Crippen LogP contribution in [0.4, 0.5) is 0 Å². The number of amides is 2. The first kappa shape index (κ1) is 18.1. The van der Waals surface area contributed by atoms with Crippen LogP contribution in [-0.2, 0) is 16.0 Å². The summed E-state index contributed by atoms with van der Waals surface area (Å²) in [6, 6.07) is 12.3. The zero-order valence-corrected chi connectivity index (χ0v) is 14.4. The van der Waals surface area contributed by atoms with Gasteiger partial charge >= 0.3 is 0 Å². The summed E-state index contributed by atoms with van der Waals surface area (Å²) in [4.78, 5) is 23.5. The molecule has 0 aliphatic rings. The minimum Gasteiger partial charge on any atom is -0.483 e. The molecule has 2 amide bonds. The highest BCUT2D eigenvalue weighted by Gasteiger charge is 2.08. The Morgan fingerprint density at radius 2 is 1.71 bits per heavy atom. The van der Waals surface area contributed by atoms with Gasteiger partial charge in [-0.3, -0.25) is 20.4 Å². The Bertz CT molecular complexity index is 750. The molecule has 24 heavy (non-hydrogen) atoms. The van der Waals surface area contributed by atoms with E-state index >= 15 is 0 Å². The van der Waals surface area contributed by atoms with Crippen LogP contribution in [0.5, 0.6) is 5.75 Å². The third-order valence-corrected chi connectivity index (χ3v) is 3.88. The predicted molar refractivity (Wildman–Crippen MR) is 93.1 cm³/mol. The smallest absolute Gasteiger partial charge is 0.276 e. The molecule has 2 rings (SSSR count). The van der Waals surface area contributed by atoms with Crippen molar-refractivity contribution in [3.05, 3.63) is 63.6 Å². The van der Waals surface area contributed by atoms with Crippen LogP contribution in [-0.4, -0.2) is 18.4 Å². The minimum absolute atomic E-state index is 0.0653. The predicted octanol–water partition coefficient (Wildman–Crippen LogP) is 3.07. The molecule has 0 atom stereocenters. The van der Waals surface area contributed by atoms with Crippen LogP contribution >= 0.6 is 23.2 Å². The van der Waals surface area contributed by atoms with E-state index < -0.39 is 5.91 Å². The number of nitrogens with one attached hydrogen (secondary N) is 2. The molecule has 0 aromatic heterocycles. The number of carbonyl (C=O) groups is 2. The van der Waals surface area contributed by atoms with Crippen molar-refractivity contribution in [2.75, 3.05) is 6.61 Å². The van der Waals surface area contributed by atoms with Gasteiger partial charge in [-0.05, 0) is 36.2 Å². The Morgan fingerprint density at radius 3 is 2.42 bits per heavy atom. The molecule has 0 aliphatic carbocycles. The average Bonchev–Trinajstić information content (AvgIpc) is 2.55. The van der Waals surface area contributed by atoms with Crippen LogP contribution in [0.2, 0.25) is 10.0 Å². The summed E-state index contributed by atoms with van der Waals surface area (Å²) in [5.41, 5.74) is 6.23. The molecule has 7 heteroatoms. The highest BCUT2D eigenvalue weighted by Crippen LogP contribution is 2.22. The molecule has 0 bridgehead atoms. The maximum absolute atomic E-state index is 11.8. The first-order chi connectivity index (χ1) is 11.5. The van der Waals surface area contributed by atoms with E-state index in [0.29, 0.717) is 21.4 Å². The fourth-order valence-electron chi connectivity index (χ4n) is 1.92. The molecule has 0 unspecified atom stereocenters. The lowest BCUT2D eigenvalue weighted by Gasteiger charge is -2.10.